The molecule has 7 nitrogen and oxygen atoms in total. The number of carbonyl (C=O) groups excluding carboxylic acids is 1. The number of para-hydroxylation sites is 1. The molecule has 0 aromatic heterocycles. The Labute approximate surface area is 187 Å². The minimum atomic E-state index is -3.93. The van der Waals surface area contributed by atoms with Crippen molar-refractivity contribution in [1.29, 1.82) is 0 Å². The molecule has 3 rings (SSSR count). The van der Waals surface area contributed by atoms with Gasteiger partial charge in [0.1, 0.15) is 0 Å². The Morgan fingerprint density at radius 3 is 2.30 bits per heavy atom. The third kappa shape index (κ3) is 4.97. The van der Waals surface area contributed by atoms with E-state index in [2.05, 4.69) is 32.6 Å². The largest absolute Gasteiger partial charge is 0.478 e. The number of sulfonamides is 1. The standard InChI is InChI=1S/C21H17IN2O5S/c1-13-6-7-14(20(25)23-18-5-3-2-4-17(18)21(26)27)12-19(13)30(28,29)24-16-10-8-15(22)9-11-16/h2-12,24H,1H3,(H,23,25)(H,26,27). The van der Waals surface area contributed by atoms with Crippen molar-refractivity contribution in [3.63, 3.8) is 0 Å². The summed E-state index contributed by atoms with van der Waals surface area (Å²) in [6, 6.07) is 17.1. The second-order valence-corrected chi connectivity index (χ2v) is 9.29. The van der Waals surface area contributed by atoms with Crippen molar-refractivity contribution in [3.8, 4) is 0 Å². The van der Waals surface area contributed by atoms with Crippen molar-refractivity contribution in [3.05, 3.63) is 87.0 Å². The molecule has 0 spiro atoms. The number of carboxylic acids is 1. The van der Waals surface area contributed by atoms with Gasteiger partial charge in [-0.3, -0.25) is 9.52 Å². The molecule has 0 aliphatic rings. The third-order valence-corrected chi connectivity index (χ3v) is 6.48. The van der Waals surface area contributed by atoms with Crippen LogP contribution in [-0.4, -0.2) is 25.4 Å². The van der Waals surface area contributed by atoms with Crippen LogP contribution >= 0.6 is 22.6 Å². The van der Waals surface area contributed by atoms with E-state index in [0.29, 0.717) is 11.3 Å². The van der Waals surface area contributed by atoms with Gasteiger partial charge in [0.05, 0.1) is 16.1 Å². The average molecular weight is 536 g/mol. The Kier molecular flexibility index (Phi) is 6.42. The minimum absolute atomic E-state index is 0.0415. The van der Waals surface area contributed by atoms with Gasteiger partial charge in [0.15, 0.2) is 0 Å². The first-order valence-corrected chi connectivity index (χ1v) is 11.3. The Bertz CT molecular complexity index is 1220. The van der Waals surface area contributed by atoms with Gasteiger partial charge in [-0.2, -0.15) is 0 Å². The van der Waals surface area contributed by atoms with Gasteiger partial charge in [-0.1, -0.05) is 18.2 Å². The Morgan fingerprint density at radius 2 is 1.63 bits per heavy atom. The normalized spacial score (nSPS) is 11.0. The lowest BCUT2D eigenvalue weighted by Gasteiger charge is -2.13. The third-order valence-electron chi connectivity index (χ3n) is 4.24. The van der Waals surface area contributed by atoms with Crippen molar-refractivity contribution in [2.24, 2.45) is 0 Å². The van der Waals surface area contributed by atoms with Gasteiger partial charge in [0.2, 0.25) is 0 Å². The molecule has 3 aromatic rings. The molecular weight excluding hydrogens is 519 g/mol. The van der Waals surface area contributed by atoms with Gasteiger partial charge in [0.25, 0.3) is 15.9 Å². The second-order valence-electron chi connectivity index (χ2n) is 6.40. The van der Waals surface area contributed by atoms with Gasteiger partial charge in [0, 0.05) is 14.8 Å². The smallest absolute Gasteiger partial charge is 0.337 e. The monoisotopic (exact) mass is 536 g/mol. The molecule has 0 heterocycles. The quantitative estimate of drug-likeness (QED) is 0.406. The molecule has 0 bridgehead atoms. The topological polar surface area (TPSA) is 113 Å². The Morgan fingerprint density at radius 1 is 0.967 bits per heavy atom. The van der Waals surface area contributed by atoms with Crippen LogP contribution in [0.2, 0.25) is 0 Å². The van der Waals surface area contributed by atoms with E-state index in [-0.39, 0.29) is 21.7 Å². The van der Waals surface area contributed by atoms with E-state index in [1.54, 1.807) is 43.3 Å². The van der Waals surface area contributed by atoms with Crippen LogP contribution in [0.4, 0.5) is 11.4 Å². The summed E-state index contributed by atoms with van der Waals surface area (Å²) in [5, 5.41) is 11.8. The number of hydrogen-bond donors (Lipinski definition) is 3. The maximum atomic E-state index is 12.9. The van der Waals surface area contributed by atoms with Gasteiger partial charge < -0.3 is 10.4 Å². The zero-order chi connectivity index (χ0) is 21.9. The zero-order valence-electron chi connectivity index (χ0n) is 15.7. The summed E-state index contributed by atoms with van der Waals surface area (Å²) in [6.07, 6.45) is 0. The number of anilines is 2. The maximum Gasteiger partial charge on any atom is 0.337 e. The highest BCUT2D eigenvalue weighted by Gasteiger charge is 2.20. The van der Waals surface area contributed by atoms with E-state index in [0.717, 1.165) is 3.57 Å². The molecule has 0 saturated heterocycles. The number of aromatic carboxylic acids is 1. The number of amides is 1. The highest BCUT2D eigenvalue weighted by molar-refractivity contribution is 14.1. The van der Waals surface area contributed by atoms with Crippen LogP contribution in [0.3, 0.4) is 0 Å². The van der Waals surface area contributed by atoms with E-state index >= 15 is 0 Å². The summed E-state index contributed by atoms with van der Waals surface area (Å²) < 4.78 is 29.2. The number of aryl methyl sites for hydroxylation is 1. The lowest BCUT2D eigenvalue weighted by molar-refractivity contribution is 0.0698. The summed E-state index contributed by atoms with van der Waals surface area (Å²) in [6.45, 7) is 1.63. The van der Waals surface area contributed by atoms with Crippen LogP contribution in [0.25, 0.3) is 0 Å². The molecular formula is C21H17IN2O5S. The predicted octanol–water partition coefficient (Wildman–Crippen LogP) is 4.35. The first-order valence-electron chi connectivity index (χ1n) is 8.70. The van der Waals surface area contributed by atoms with Crippen molar-refractivity contribution in [1.82, 2.24) is 0 Å². The van der Waals surface area contributed by atoms with Crippen molar-refractivity contribution < 1.29 is 23.1 Å². The fraction of sp³-hybridized carbons (Fsp3) is 0.0476. The molecule has 0 aliphatic heterocycles. The highest BCUT2D eigenvalue weighted by Crippen LogP contribution is 2.23. The van der Waals surface area contributed by atoms with Crippen LogP contribution in [-0.2, 0) is 10.0 Å². The van der Waals surface area contributed by atoms with Crippen molar-refractivity contribution >= 4 is 55.9 Å². The van der Waals surface area contributed by atoms with Gasteiger partial charge in [-0.05, 0) is 83.6 Å². The summed E-state index contributed by atoms with van der Waals surface area (Å²) in [5.41, 5.74) is 1.02. The zero-order valence-corrected chi connectivity index (χ0v) is 18.7. The number of hydrogen-bond acceptors (Lipinski definition) is 4. The molecule has 30 heavy (non-hydrogen) atoms. The number of nitrogens with one attached hydrogen (secondary N) is 2. The molecule has 0 saturated carbocycles. The van der Waals surface area contributed by atoms with E-state index in [1.807, 2.05) is 0 Å². The Hall–Kier alpha value is -2.92. The van der Waals surface area contributed by atoms with E-state index < -0.39 is 21.9 Å². The molecule has 0 unspecified atom stereocenters. The second kappa shape index (κ2) is 8.84. The van der Waals surface area contributed by atoms with Crippen molar-refractivity contribution in [2.45, 2.75) is 11.8 Å². The number of carboxylic acid groups (broad SMARTS) is 1. The molecule has 3 N–H and O–H groups in total. The molecule has 1 amide bonds. The molecule has 9 heteroatoms. The molecule has 0 atom stereocenters. The van der Waals surface area contributed by atoms with Crippen LogP contribution < -0.4 is 10.0 Å². The number of benzene rings is 3. The predicted molar refractivity (Wildman–Crippen MR) is 123 cm³/mol. The van der Waals surface area contributed by atoms with Crippen molar-refractivity contribution in [2.75, 3.05) is 10.0 Å². The van der Waals surface area contributed by atoms with Gasteiger partial charge >= 0.3 is 5.97 Å². The minimum Gasteiger partial charge on any atom is -0.478 e. The number of rotatable bonds is 6. The van der Waals surface area contributed by atoms with E-state index in [9.17, 15) is 23.1 Å². The fourth-order valence-electron chi connectivity index (χ4n) is 2.73. The van der Waals surface area contributed by atoms with E-state index in [1.165, 1.54) is 30.3 Å². The molecule has 0 fully saturated rings. The highest BCUT2D eigenvalue weighted by atomic mass is 127. The van der Waals surface area contributed by atoms with Crippen LogP contribution in [0.15, 0.2) is 71.6 Å². The molecule has 0 radical (unpaired) electrons. The fourth-order valence-corrected chi connectivity index (χ4v) is 4.42. The average Bonchev–Trinajstić information content (AvgIpc) is 2.70. The summed E-state index contributed by atoms with van der Waals surface area (Å²) in [7, 11) is -3.93. The van der Waals surface area contributed by atoms with Crippen LogP contribution in [0, 0.1) is 10.5 Å². The van der Waals surface area contributed by atoms with Gasteiger partial charge in [-0.25, -0.2) is 13.2 Å². The SMILES string of the molecule is Cc1ccc(C(=O)Nc2ccccc2C(=O)O)cc1S(=O)(=O)Nc1ccc(I)cc1. The van der Waals surface area contributed by atoms with Crippen LogP contribution in [0.1, 0.15) is 26.3 Å². The maximum absolute atomic E-state index is 12.9. The summed E-state index contributed by atoms with van der Waals surface area (Å²) in [5.74, 6) is -1.80. The molecule has 154 valence electrons. The molecule has 0 aliphatic carbocycles. The first-order chi connectivity index (χ1) is 14.2. The Balaban J connectivity index is 1.90. The van der Waals surface area contributed by atoms with Crippen LogP contribution in [0.5, 0.6) is 0 Å². The summed E-state index contributed by atoms with van der Waals surface area (Å²) in [4.78, 5) is 23.9. The lowest BCUT2D eigenvalue weighted by atomic mass is 10.1. The number of carbonyl (C=O) groups is 2. The van der Waals surface area contributed by atoms with E-state index in [4.69, 9.17) is 0 Å². The molecule has 3 aromatic carbocycles. The first kappa shape index (κ1) is 21.8. The lowest BCUT2D eigenvalue weighted by Crippen LogP contribution is -2.18. The summed E-state index contributed by atoms with van der Waals surface area (Å²) >= 11 is 2.12. The van der Waals surface area contributed by atoms with Gasteiger partial charge in [-0.15, -0.1) is 0 Å². The number of halogens is 1.